The van der Waals surface area contributed by atoms with Crippen LogP contribution in [0.25, 0.3) is 0 Å². The summed E-state index contributed by atoms with van der Waals surface area (Å²) in [7, 11) is -2.16. The summed E-state index contributed by atoms with van der Waals surface area (Å²) >= 11 is 0. The lowest BCUT2D eigenvalue weighted by Crippen LogP contribution is -2.60. The van der Waals surface area contributed by atoms with Crippen LogP contribution in [0.4, 0.5) is 5.69 Å². The molecule has 42 heavy (non-hydrogen) atoms. The molecule has 228 valence electrons. The molecule has 2 N–H and O–H groups in total. The minimum absolute atomic E-state index is 0.0482. The number of imide groups is 1. The van der Waals surface area contributed by atoms with Gasteiger partial charge in [0, 0.05) is 32.4 Å². The molecule has 2 atom stereocenters. The smallest absolute Gasteiger partial charge is 0.264 e. The number of amides is 3. The maximum Gasteiger partial charge on any atom is 0.264 e. The number of rotatable bonds is 12. The van der Waals surface area contributed by atoms with Crippen LogP contribution in [-0.4, -0.2) is 93.4 Å². The summed E-state index contributed by atoms with van der Waals surface area (Å²) in [5.41, 5.74) is -0.0402. The first-order valence-corrected chi connectivity index (χ1v) is 16.3. The van der Waals surface area contributed by atoms with Crippen LogP contribution in [0.5, 0.6) is 11.5 Å². The lowest BCUT2D eigenvalue weighted by atomic mass is 9.91. The molecule has 2 aromatic carbocycles. The molecule has 0 radical (unpaired) electrons. The van der Waals surface area contributed by atoms with Crippen molar-refractivity contribution in [2.45, 2.75) is 45.2 Å². The number of hydrogen-bond acceptors (Lipinski definition) is 9. The van der Waals surface area contributed by atoms with Crippen LogP contribution in [0.2, 0.25) is 0 Å². The number of anilines is 1. The number of nitrogens with zero attached hydrogens (tertiary/aromatic N) is 2. The third kappa shape index (κ3) is 6.30. The quantitative estimate of drug-likeness (QED) is 0.353. The van der Waals surface area contributed by atoms with E-state index in [1.54, 1.807) is 37.3 Å². The average molecular weight is 601 g/mol. The molecular weight excluding hydrogens is 560 g/mol. The van der Waals surface area contributed by atoms with E-state index in [-0.39, 0.29) is 22.7 Å². The molecule has 0 bridgehead atoms. The van der Waals surface area contributed by atoms with E-state index < -0.39 is 39.0 Å². The molecule has 1 saturated heterocycles. The molecule has 12 heteroatoms. The van der Waals surface area contributed by atoms with Gasteiger partial charge in [-0.2, -0.15) is 0 Å². The van der Waals surface area contributed by atoms with Gasteiger partial charge in [0.15, 0.2) is 11.5 Å². The second-order valence-electron chi connectivity index (χ2n) is 10.9. The normalized spacial score (nSPS) is 17.9. The van der Waals surface area contributed by atoms with Gasteiger partial charge in [-0.3, -0.25) is 24.2 Å². The maximum absolute atomic E-state index is 14.0. The number of fused-ring (bicyclic) bond motifs is 1. The van der Waals surface area contributed by atoms with Gasteiger partial charge in [0.1, 0.15) is 9.84 Å². The van der Waals surface area contributed by atoms with Crippen molar-refractivity contribution >= 4 is 33.2 Å². The summed E-state index contributed by atoms with van der Waals surface area (Å²) in [6.45, 7) is 9.01. The Hall–Kier alpha value is -3.48. The van der Waals surface area contributed by atoms with Gasteiger partial charge < -0.3 is 20.1 Å². The molecule has 3 amide bonds. The highest BCUT2D eigenvalue weighted by Gasteiger charge is 2.45. The Morgan fingerprint density at radius 2 is 1.81 bits per heavy atom. The maximum atomic E-state index is 14.0. The Morgan fingerprint density at radius 3 is 2.43 bits per heavy atom. The minimum Gasteiger partial charge on any atom is -0.493 e. The topological polar surface area (TPSA) is 134 Å². The Kier molecular flexibility index (Phi) is 9.59. The predicted octanol–water partition coefficient (Wildman–Crippen LogP) is 2.88. The Bertz CT molecular complexity index is 1460. The minimum atomic E-state index is -3.65. The molecule has 2 aliphatic heterocycles. The zero-order chi connectivity index (χ0) is 30.7. The van der Waals surface area contributed by atoms with Crippen LogP contribution in [0.3, 0.4) is 0 Å². The summed E-state index contributed by atoms with van der Waals surface area (Å²) in [6.07, 6.45) is 2.45. The van der Waals surface area contributed by atoms with Crippen LogP contribution in [0.1, 0.15) is 65.9 Å². The van der Waals surface area contributed by atoms with Gasteiger partial charge in [0.05, 0.1) is 47.9 Å². The molecule has 1 fully saturated rings. The first-order valence-electron chi connectivity index (χ1n) is 14.2. The third-order valence-corrected chi connectivity index (χ3v) is 8.80. The van der Waals surface area contributed by atoms with Gasteiger partial charge in [0.25, 0.3) is 11.8 Å². The molecule has 0 spiro atoms. The molecule has 11 nitrogen and oxygen atoms in total. The molecular formula is C30H40N4O7S. The van der Waals surface area contributed by atoms with Crippen molar-refractivity contribution in [3.63, 3.8) is 0 Å². The molecule has 1 unspecified atom stereocenters. The van der Waals surface area contributed by atoms with Crippen LogP contribution in [0.15, 0.2) is 36.4 Å². The van der Waals surface area contributed by atoms with Gasteiger partial charge in [-0.1, -0.05) is 25.5 Å². The van der Waals surface area contributed by atoms with Crippen molar-refractivity contribution in [3.05, 3.63) is 53.1 Å². The van der Waals surface area contributed by atoms with Crippen molar-refractivity contribution < 1.29 is 32.3 Å². The third-order valence-electron chi connectivity index (χ3n) is 7.88. The average Bonchev–Trinajstić information content (AvgIpc) is 3.22. The van der Waals surface area contributed by atoms with Crippen molar-refractivity contribution in [3.8, 4) is 11.5 Å². The lowest BCUT2D eigenvalue weighted by molar-refractivity contribution is -0.128. The highest BCUT2D eigenvalue weighted by molar-refractivity contribution is 7.90. The zero-order valence-corrected chi connectivity index (χ0v) is 25.7. The van der Waals surface area contributed by atoms with Crippen LogP contribution in [-0.2, 0) is 14.6 Å². The van der Waals surface area contributed by atoms with E-state index in [9.17, 15) is 22.8 Å². The molecule has 0 aromatic heterocycles. The van der Waals surface area contributed by atoms with E-state index >= 15 is 0 Å². The first kappa shape index (κ1) is 31.5. The fourth-order valence-corrected chi connectivity index (χ4v) is 6.70. The number of carbonyl (C=O) groups is 3. The molecule has 2 aliphatic rings. The fraction of sp³-hybridized carbons (Fsp3) is 0.500. The number of nitrogens with one attached hydrogen (secondary N) is 2. The van der Waals surface area contributed by atoms with Crippen molar-refractivity contribution in [1.82, 2.24) is 15.1 Å². The van der Waals surface area contributed by atoms with Crippen molar-refractivity contribution in [2.24, 2.45) is 0 Å². The molecule has 2 heterocycles. The number of benzene rings is 2. The van der Waals surface area contributed by atoms with Crippen LogP contribution >= 0.6 is 0 Å². The molecule has 2 aromatic rings. The summed E-state index contributed by atoms with van der Waals surface area (Å²) in [5, 5.41) is 6.25. The number of sulfone groups is 1. The summed E-state index contributed by atoms with van der Waals surface area (Å²) < 4.78 is 36.1. The molecule has 4 rings (SSSR count). The van der Waals surface area contributed by atoms with Gasteiger partial charge in [-0.25, -0.2) is 8.42 Å². The van der Waals surface area contributed by atoms with E-state index in [1.165, 1.54) is 13.2 Å². The highest BCUT2D eigenvalue weighted by atomic mass is 32.2. The monoisotopic (exact) mass is 600 g/mol. The van der Waals surface area contributed by atoms with Gasteiger partial charge in [-0.05, 0) is 50.1 Å². The standard InChI is InChI=1S/C30H40N4O7S/c1-6-13-30(3,33-16-14-31-15-17-33)29(37)32-22-10-8-9-21-26(22)28(36)34(27(21)35)23(19-42(5,38)39)20-11-12-24(40-4)25(18-20)41-7-2/h8-12,18,23,31H,6-7,13-17,19H2,1-5H3,(H,32,37)/t23-,30?/m1/s1. The van der Waals surface area contributed by atoms with E-state index in [1.807, 2.05) is 13.8 Å². The SMILES string of the molecule is CCCC(C)(C(=O)Nc1cccc2c1C(=O)N([C@H](CS(C)(=O)=O)c1ccc(OC)c(OCC)c1)C2=O)N1CCNCC1. The number of piperazine rings is 1. The van der Waals surface area contributed by atoms with E-state index in [4.69, 9.17) is 9.47 Å². The number of carbonyl (C=O) groups excluding carboxylic acids is 3. The predicted molar refractivity (Wildman–Crippen MR) is 160 cm³/mol. The van der Waals surface area contributed by atoms with Crippen LogP contribution < -0.4 is 20.1 Å². The second kappa shape index (κ2) is 12.8. The molecule has 0 saturated carbocycles. The van der Waals surface area contributed by atoms with Gasteiger partial charge in [0.2, 0.25) is 5.91 Å². The molecule has 0 aliphatic carbocycles. The summed E-state index contributed by atoms with van der Waals surface area (Å²) in [5.74, 6) is -1.26. The van der Waals surface area contributed by atoms with Gasteiger partial charge in [-0.15, -0.1) is 0 Å². The summed E-state index contributed by atoms with van der Waals surface area (Å²) in [6, 6.07) is 8.42. The number of ether oxygens (including phenoxy) is 2. The van der Waals surface area contributed by atoms with Crippen LogP contribution in [0, 0.1) is 0 Å². The number of methoxy groups -OCH3 is 1. The second-order valence-corrected chi connectivity index (χ2v) is 13.1. The zero-order valence-electron chi connectivity index (χ0n) is 24.9. The lowest BCUT2D eigenvalue weighted by Gasteiger charge is -2.42. The summed E-state index contributed by atoms with van der Waals surface area (Å²) in [4.78, 5) is 44.7. The Balaban J connectivity index is 1.72. The Morgan fingerprint density at radius 1 is 1.10 bits per heavy atom. The van der Waals surface area contributed by atoms with E-state index in [0.717, 1.165) is 30.7 Å². The number of hydrogen-bond donors (Lipinski definition) is 2. The fourth-order valence-electron chi connectivity index (χ4n) is 5.78. The van der Waals surface area contributed by atoms with Gasteiger partial charge >= 0.3 is 0 Å². The Labute approximate surface area is 247 Å². The van der Waals surface area contributed by atoms with Crippen molar-refractivity contribution in [2.75, 3.05) is 57.2 Å². The first-order chi connectivity index (χ1) is 19.9. The van der Waals surface area contributed by atoms with E-state index in [2.05, 4.69) is 15.5 Å². The largest absolute Gasteiger partial charge is 0.493 e. The highest BCUT2D eigenvalue weighted by Crippen LogP contribution is 2.39. The van der Waals surface area contributed by atoms with Crippen molar-refractivity contribution in [1.29, 1.82) is 0 Å². The van der Waals surface area contributed by atoms with E-state index in [0.29, 0.717) is 43.2 Å².